The van der Waals surface area contributed by atoms with E-state index in [0.717, 1.165) is 11.1 Å². The van der Waals surface area contributed by atoms with E-state index in [1.165, 1.54) is 19.2 Å². The van der Waals surface area contributed by atoms with Crippen molar-refractivity contribution in [1.29, 1.82) is 0 Å². The summed E-state index contributed by atoms with van der Waals surface area (Å²) >= 11 is 0. The zero-order valence-electron chi connectivity index (χ0n) is 16.7. The molecule has 2 amide bonds. The smallest absolute Gasteiger partial charge is 0.323 e. The molecule has 0 saturated carbocycles. The first-order valence-electron chi connectivity index (χ1n) is 9.27. The first-order chi connectivity index (χ1) is 14.4. The number of hydrogen-bond acceptors (Lipinski definition) is 6. The zero-order valence-corrected chi connectivity index (χ0v) is 16.7. The molecule has 30 heavy (non-hydrogen) atoms. The van der Waals surface area contributed by atoms with Crippen LogP contribution in [0.4, 0.5) is 4.39 Å². The Labute approximate surface area is 173 Å². The van der Waals surface area contributed by atoms with E-state index in [0.29, 0.717) is 11.3 Å². The molecule has 0 unspecified atom stereocenters. The minimum absolute atomic E-state index is 0.114. The molecular formula is C21H24FN3O5. The number of carbonyl (C=O) groups is 3. The summed E-state index contributed by atoms with van der Waals surface area (Å²) < 4.78 is 23.8. The van der Waals surface area contributed by atoms with Crippen molar-refractivity contribution in [2.24, 2.45) is 5.84 Å². The van der Waals surface area contributed by atoms with Crippen molar-refractivity contribution in [3.63, 3.8) is 0 Å². The van der Waals surface area contributed by atoms with E-state index in [4.69, 9.17) is 15.3 Å². The molecule has 4 N–H and O–H groups in total. The number of rotatable bonds is 8. The van der Waals surface area contributed by atoms with E-state index in [9.17, 15) is 18.8 Å². The minimum atomic E-state index is -1.02. The van der Waals surface area contributed by atoms with E-state index in [2.05, 4.69) is 5.32 Å². The Kier molecular flexibility index (Phi) is 8.30. The van der Waals surface area contributed by atoms with Gasteiger partial charge in [0.25, 0.3) is 0 Å². The highest BCUT2D eigenvalue weighted by Crippen LogP contribution is 2.30. The van der Waals surface area contributed by atoms with Crippen molar-refractivity contribution in [1.82, 2.24) is 10.7 Å². The van der Waals surface area contributed by atoms with Gasteiger partial charge in [-0.25, -0.2) is 10.2 Å². The van der Waals surface area contributed by atoms with Gasteiger partial charge in [0.1, 0.15) is 11.6 Å². The van der Waals surface area contributed by atoms with Crippen molar-refractivity contribution in [3.05, 3.63) is 53.8 Å². The number of esters is 1. The van der Waals surface area contributed by atoms with Crippen LogP contribution in [0.5, 0.6) is 5.75 Å². The summed E-state index contributed by atoms with van der Waals surface area (Å²) in [6.45, 7) is 1.87. The van der Waals surface area contributed by atoms with Gasteiger partial charge in [0.2, 0.25) is 0 Å². The molecule has 2 aromatic rings. The van der Waals surface area contributed by atoms with Crippen LogP contribution in [0.25, 0.3) is 11.1 Å². The maximum absolute atomic E-state index is 13.6. The third-order valence-corrected chi connectivity index (χ3v) is 4.30. The van der Waals surface area contributed by atoms with Gasteiger partial charge in [-0.2, -0.15) is 0 Å². The highest BCUT2D eigenvalue weighted by molar-refractivity contribution is 6.35. The molecule has 0 fully saturated rings. The number of hydrogen-bond donors (Lipinski definition) is 3. The van der Waals surface area contributed by atoms with Crippen LogP contribution in [0, 0.1) is 5.82 Å². The Morgan fingerprint density at radius 2 is 1.80 bits per heavy atom. The second-order valence-electron chi connectivity index (χ2n) is 6.40. The maximum atomic E-state index is 13.6. The first kappa shape index (κ1) is 22.8. The first-order valence-corrected chi connectivity index (χ1v) is 9.27. The Morgan fingerprint density at radius 1 is 1.10 bits per heavy atom. The molecule has 0 bridgehead atoms. The van der Waals surface area contributed by atoms with Crippen molar-refractivity contribution in [2.75, 3.05) is 13.7 Å². The standard InChI is InChI=1S/C21H24FN3O5/c1-3-30-19(26)12-16(24-20(27)21(28)25-23)10-13-4-6-14(7-5-13)17-11-15(22)8-9-18(17)29-2/h4-9,11,16H,3,10,12,23H2,1-2H3,(H,24,27)(H,25,28)/t16-/m1/s1. The lowest BCUT2D eigenvalue weighted by molar-refractivity contribution is -0.144. The Morgan fingerprint density at radius 3 is 2.40 bits per heavy atom. The molecule has 0 spiro atoms. The normalized spacial score (nSPS) is 11.3. The summed E-state index contributed by atoms with van der Waals surface area (Å²) in [5, 5.41) is 2.48. The van der Waals surface area contributed by atoms with Crippen LogP contribution in [-0.2, 0) is 25.5 Å². The molecule has 1 atom stereocenters. The summed E-state index contributed by atoms with van der Waals surface area (Å²) in [5.41, 5.74) is 3.87. The number of halogens is 1. The predicted octanol–water partition coefficient (Wildman–Crippen LogP) is 1.47. The topological polar surface area (TPSA) is 120 Å². The third kappa shape index (κ3) is 6.28. The zero-order chi connectivity index (χ0) is 22.1. The van der Waals surface area contributed by atoms with Crippen LogP contribution in [-0.4, -0.2) is 37.5 Å². The summed E-state index contributed by atoms with van der Waals surface area (Å²) in [5.74, 6) is 2.65. The average molecular weight is 417 g/mol. The van der Waals surface area contributed by atoms with E-state index in [1.54, 1.807) is 42.7 Å². The van der Waals surface area contributed by atoms with Crippen LogP contribution in [0.15, 0.2) is 42.5 Å². The summed E-state index contributed by atoms with van der Waals surface area (Å²) in [6, 6.07) is 10.7. The molecule has 0 aliphatic heterocycles. The Hall–Kier alpha value is -3.46. The highest BCUT2D eigenvalue weighted by Gasteiger charge is 2.21. The molecule has 8 nitrogen and oxygen atoms in total. The van der Waals surface area contributed by atoms with Crippen molar-refractivity contribution < 1.29 is 28.2 Å². The average Bonchev–Trinajstić information content (AvgIpc) is 2.73. The monoisotopic (exact) mass is 417 g/mol. The van der Waals surface area contributed by atoms with Crippen molar-refractivity contribution in [3.8, 4) is 16.9 Å². The number of amides is 2. The molecular weight excluding hydrogens is 393 g/mol. The van der Waals surface area contributed by atoms with Gasteiger partial charge >= 0.3 is 17.8 Å². The predicted molar refractivity (Wildman–Crippen MR) is 108 cm³/mol. The molecule has 0 radical (unpaired) electrons. The number of hydrazine groups is 1. The second kappa shape index (κ2) is 10.9. The van der Waals surface area contributed by atoms with Crippen LogP contribution in [0.3, 0.4) is 0 Å². The molecule has 0 aliphatic carbocycles. The van der Waals surface area contributed by atoms with Gasteiger partial charge in [-0.3, -0.25) is 19.8 Å². The second-order valence-corrected chi connectivity index (χ2v) is 6.40. The number of nitrogens with two attached hydrogens (primary N) is 1. The maximum Gasteiger partial charge on any atom is 0.323 e. The van der Waals surface area contributed by atoms with E-state index in [-0.39, 0.29) is 25.3 Å². The summed E-state index contributed by atoms with van der Waals surface area (Å²) in [7, 11) is 1.51. The van der Waals surface area contributed by atoms with Gasteiger partial charge in [0, 0.05) is 11.6 Å². The van der Waals surface area contributed by atoms with Gasteiger partial charge in [0.05, 0.1) is 20.1 Å². The molecule has 2 aromatic carbocycles. The third-order valence-electron chi connectivity index (χ3n) is 4.30. The fraction of sp³-hybridized carbons (Fsp3) is 0.286. The van der Waals surface area contributed by atoms with E-state index in [1.807, 2.05) is 0 Å². The summed E-state index contributed by atoms with van der Waals surface area (Å²) in [4.78, 5) is 35.1. The molecule has 9 heteroatoms. The van der Waals surface area contributed by atoms with Crippen LogP contribution >= 0.6 is 0 Å². The fourth-order valence-electron chi connectivity index (χ4n) is 2.92. The largest absolute Gasteiger partial charge is 0.496 e. The number of carbonyl (C=O) groups excluding carboxylic acids is 3. The van der Waals surface area contributed by atoms with Crippen LogP contribution < -0.4 is 21.3 Å². The number of nitrogens with one attached hydrogen (secondary N) is 2. The molecule has 0 heterocycles. The number of benzene rings is 2. The number of methoxy groups -OCH3 is 1. The Balaban J connectivity index is 2.19. The van der Waals surface area contributed by atoms with Crippen LogP contribution in [0.2, 0.25) is 0 Å². The summed E-state index contributed by atoms with van der Waals surface area (Å²) in [6.07, 6.45) is 0.153. The van der Waals surface area contributed by atoms with E-state index < -0.39 is 23.8 Å². The van der Waals surface area contributed by atoms with Gasteiger partial charge in [-0.1, -0.05) is 24.3 Å². The molecule has 0 saturated heterocycles. The minimum Gasteiger partial charge on any atom is -0.496 e. The van der Waals surface area contributed by atoms with Crippen molar-refractivity contribution >= 4 is 17.8 Å². The SMILES string of the molecule is CCOC(=O)C[C@@H](Cc1ccc(-c2cc(F)ccc2OC)cc1)NC(=O)C(=O)NN. The van der Waals surface area contributed by atoms with E-state index >= 15 is 0 Å². The lowest BCUT2D eigenvalue weighted by Gasteiger charge is -2.18. The lowest BCUT2D eigenvalue weighted by atomic mass is 9.98. The molecule has 2 rings (SSSR count). The van der Waals surface area contributed by atoms with Gasteiger partial charge in [-0.05, 0) is 42.7 Å². The Bertz CT molecular complexity index is 902. The van der Waals surface area contributed by atoms with Crippen molar-refractivity contribution in [2.45, 2.75) is 25.8 Å². The number of ether oxygens (including phenoxy) is 2. The van der Waals surface area contributed by atoms with Gasteiger partial charge < -0.3 is 14.8 Å². The quantitative estimate of drug-likeness (QED) is 0.197. The highest BCUT2D eigenvalue weighted by atomic mass is 19.1. The van der Waals surface area contributed by atoms with Gasteiger partial charge in [-0.15, -0.1) is 0 Å². The molecule has 0 aromatic heterocycles. The lowest BCUT2D eigenvalue weighted by Crippen LogP contribution is -2.48. The van der Waals surface area contributed by atoms with Gasteiger partial charge in [0.15, 0.2) is 0 Å². The molecule has 0 aliphatic rings. The van der Waals surface area contributed by atoms with Crippen LogP contribution in [0.1, 0.15) is 18.9 Å². The molecule has 160 valence electrons. The fourth-order valence-corrected chi connectivity index (χ4v) is 2.92.